The molecule has 0 unspecified atom stereocenters. The Morgan fingerprint density at radius 3 is 2.79 bits per heavy atom. The highest BCUT2D eigenvalue weighted by molar-refractivity contribution is 5.95. The number of pyridine rings is 1. The van der Waals surface area contributed by atoms with E-state index in [1.807, 2.05) is 0 Å². The molecule has 1 aromatic heterocycles. The topological polar surface area (TPSA) is 83.1 Å². The summed E-state index contributed by atoms with van der Waals surface area (Å²) in [6.45, 7) is 2.46. The number of carbonyl (C=O) groups excluding carboxylic acids is 2. The molecule has 3 N–H and O–H groups in total. The van der Waals surface area contributed by atoms with Gasteiger partial charge in [0.25, 0.3) is 5.91 Å². The third-order valence-corrected chi connectivity index (χ3v) is 2.39. The van der Waals surface area contributed by atoms with Gasteiger partial charge in [-0.25, -0.2) is 9.37 Å². The molecule has 0 aliphatic rings. The number of nitrogens with one attached hydrogen (secondary N) is 3. The van der Waals surface area contributed by atoms with Crippen molar-refractivity contribution in [2.75, 3.05) is 25.5 Å². The van der Waals surface area contributed by atoms with Crippen LogP contribution in [-0.2, 0) is 4.79 Å². The van der Waals surface area contributed by atoms with Gasteiger partial charge >= 0.3 is 0 Å². The molecule has 0 spiro atoms. The molecular formula is C12H17FN4O2. The monoisotopic (exact) mass is 268 g/mol. The van der Waals surface area contributed by atoms with Crippen LogP contribution in [0.4, 0.5) is 10.2 Å². The van der Waals surface area contributed by atoms with Crippen molar-refractivity contribution in [2.45, 2.75) is 13.3 Å². The third-order valence-electron chi connectivity index (χ3n) is 2.39. The number of amides is 2. The molecule has 19 heavy (non-hydrogen) atoms. The molecule has 0 radical (unpaired) electrons. The zero-order chi connectivity index (χ0) is 14.3. The maximum atomic E-state index is 13.9. The number of rotatable bonds is 6. The van der Waals surface area contributed by atoms with E-state index < -0.39 is 11.7 Å². The van der Waals surface area contributed by atoms with Gasteiger partial charge in [0.05, 0.1) is 5.56 Å². The molecule has 0 bridgehead atoms. The minimum atomic E-state index is -0.693. The molecule has 0 saturated carbocycles. The van der Waals surface area contributed by atoms with Crippen molar-refractivity contribution < 1.29 is 14.0 Å². The Morgan fingerprint density at radius 2 is 2.16 bits per heavy atom. The van der Waals surface area contributed by atoms with Gasteiger partial charge in [-0.3, -0.25) is 9.59 Å². The number of carbonyl (C=O) groups is 2. The molecule has 0 aliphatic carbocycles. The molecule has 6 nitrogen and oxygen atoms in total. The van der Waals surface area contributed by atoms with Gasteiger partial charge in [0.2, 0.25) is 5.91 Å². The van der Waals surface area contributed by atoms with Crippen LogP contribution in [0.3, 0.4) is 0 Å². The van der Waals surface area contributed by atoms with Crippen LogP contribution >= 0.6 is 0 Å². The lowest BCUT2D eigenvalue weighted by Crippen LogP contribution is -2.29. The summed E-state index contributed by atoms with van der Waals surface area (Å²) in [7, 11) is 1.51. The van der Waals surface area contributed by atoms with Crippen molar-refractivity contribution in [2.24, 2.45) is 0 Å². The summed E-state index contributed by atoms with van der Waals surface area (Å²) in [6.07, 6.45) is 1.50. The third kappa shape index (κ3) is 4.20. The molecule has 7 heteroatoms. The SMILES string of the molecule is CCNc1nccc(C(=O)NCCC(=O)NC)c1F. The van der Waals surface area contributed by atoms with Crippen LogP contribution in [0.1, 0.15) is 23.7 Å². The van der Waals surface area contributed by atoms with E-state index in [9.17, 15) is 14.0 Å². The normalized spacial score (nSPS) is 9.84. The Bertz CT molecular complexity index is 465. The number of aromatic nitrogens is 1. The second-order valence-electron chi connectivity index (χ2n) is 3.73. The van der Waals surface area contributed by atoms with Crippen LogP contribution in [0, 0.1) is 5.82 Å². The second kappa shape index (κ2) is 7.30. The van der Waals surface area contributed by atoms with Crippen molar-refractivity contribution >= 4 is 17.6 Å². The Kier molecular flexibility index (Phi) is 5.72. The summed E-state index contributed by atoms with van der Waals surface area (Å²) in [5.74, 6) is -1.41. The van der Waals surface area contributed by atoms with Crippen molar-refractivity contribution in [3.05, 3.63) is 23.6 Å². The first-order valence-electron chi connectivity index (χ1n) is 5.97. The summed E-state index contributed by atoms with van der Waals surface area (Å²) in [4.78, 5) is 26.5. The number of anilines is 1. The maximum Gasteiger partial charge on any atom is 0.254 e. The standard InChI is InChI=1S/C12H17FN4O2/c1-3-15-11-10(13)8(4-6-16-11)12(19)17-7-5-9(18)14-2/h4,6H,3,5,7H2,1-2H3,(H,14,18)(H,15,16)(H,17,19). The summed E-state index contributed by atoms with van der Waals surface area (Å²) in [5, 5.41) is 7.63. The molecule has 1 heterocycles. The summed E-state index contributed by atoms with van der Waals surface area (Å²) < 4.78 is 13.9. The van der Waals surface area contributed by atoms with E-state index in [1.165, 1.54) is 19.3 Å². The zero-order valence-electron chi connectivity index (χ0n) is 10.9. The predicted octanol–water partition coefficient (Wildman–Crippen LogP) is 0.518. The summed E-state index contributed by atoms with van der Waals surface area (Å²) in [6, 6.07) is 1.30. The lowest BCUT2D eigenvalue weighted by molar-refractivity contribution is -0.120. The first kappa shape index (κ1) is 14.9. The molecule has 1 aromatic rings. The van der Waals surface area contributed by atoms with Crippen molar-refractivity contribution in [3.63, 3.8) is 0 Å². The molecule has 2 amide bonds. The lowest BCUT2D eigenvalue weighted by Gasteiger charge is -2.08. The van der Waals surface area contributed by atoms with Crippen LogP contribution in [0.2, 0.25) is 0 Å². The van der Waals surface area contributed by atoms with Gasteiger partial charge in [-0.2, -0.15) is 0 Å². The van der Waals surface area contributed by atoms with Crippen LogP contribution in [0.15, 0.2) is 12.3 Å². The lowest BCUT2D eigenvalue weighted by atomic mass is 10.2. The first-order valence-corrected chi connectivity index (χ1v) is 5.97. The highest BCUT2D eigenvalue weighted by atomic mass is 19.1. The first-order chi connectivity index (χ1) is 9.10. The molecular weight excluding hydrogens is 251 g/mol. The van der Waals surface area contributed by atoms with Crippen LogP contribution < -0.4 is 16.0 Å². The molecule has 0 aliphatic heterocycles. The van der Waals surface area contributed by atoms with E-state index in [-0.39, 0.29) is 30.3 Å². The quantitative estimate of drug-likeness (QED) is 0.702. The molecule has 0 fully saturated rings. The second-order valence-corrected chi connectivity index (χ2v) is 3.73. The number of hydrogen-bond donors (Lipinski definition) is 3. The zero-order valence-corrected chi connectivity index (χ0v) is 10.9. The predicted molar refractivity (Wildman–Crippen MR) is 69.4 cm³/mol. The average molecular weight is 268 g/mol. The summed E-state index contributed by atoms with van der Waals surface area (Å²) >= 11 is 0. The van der Waals surface area contributed by atoms with Gasteiger partial charge in [0, 0.05) is 32.8 Å². The van der Waals surface area contributed by atoms with Crippen LogP contribution in [-0.4, -0.2) is 36.9 Å². The van der Waals surface area contributed by atoms with Gasteiger partial charge in [0.15, 0.2) is 11.6 Å². The Hall–Kier alpha value is -2.18. The van der Waals surface area contributed by atoms with Gasteiger partial charge in [-0.1, -0.05) is 0 Å². The van der Waals surface area contributed by atoms with Crippen molar-refractivity contribution in [1.29, 1.82) is 0 Å². The minimum absolute atomic E-state index is 0.0430. The van der Waals surface area contributed by atoms with Crippen molar-refractivity contribution in [1.82, 2.24) is 15.6 Å². The van der Waals surface area contributed by atoms with E-state index in [2.05, 4.69) is 20.9 Å². The summed E-state index contributed by atoms with van der Waals surface area (Å²) in [5.41, 5.74) is -0.0946. The highest BCUT2D eigenvalue weighted by Crippen LogP contribution is 2.14. The Morgan fingerprint density at radius 1 is 1.42 bits per heavy atom. The van der Waals surface area contributed by atoms with E-state index in [1.54, 1.807) is 6.92 Å². The molecule has 1 rings (SSSR count). The van der Waals surface area contributed by atoms with Gasteiger partial charge in [-0.05, 0) is 13.0 Å². The fraction of sp³-hybridized carbons (Fsp3) is 0.417. The number of hydrogen-bond acceptors (Lipinski definition) is 4. The molecule has 104 valence electrons. The van der Waals surface area contributed by atoms with Crippen LogP contribution in [0.25, 0.3) is 0 Å². The van der Waals surface area contributed by atoms with Crippen LogP contribution in [0.5, 0.6) is 0 Å². The highest BCUT2D eigenvalue weighted by Gasteiger charge is 2.15. The smallest absolute Gasteiger partial charge is 0.254 e. The largest absolute Gasteiger partial charge is 0.368 e. The van der Waals surface area contributed by atoms with Crippen molar-refractivity contribution in [3.8, 4) is 0 Å². The van der Waals surface area contributed by atoms with E-state index in [0.717, 1.165) is 0 Å². The number of nitrogens with zero attached hydrogens (tertiary/aromatic N) is 1. The fourth-order valence-electron chi connectivity index (χ4n) is 1.42. The molecule has 0 aromatic carbocycles. The minimum Gasteiger partial charge on any atom is -0.368 e. The Labute approximate surface area is 110 Å². The van der Waals surface area contributed by atoms with E-state index in [0.29, 0.717) is 6.54 Å². The molecule has 0 saturated heterocycles. The molecule has 0 atom stereocenters. The average Bonchev–Trinajstić information content (AvgIpc) is 2.41. The number of halogens is 1. The Balaban J connectivity index is 2.66. The van der Waals surface area contributed by atoms with E-state index in [4.69, 9.17) is 0 Å². The van der Waals surface area contributed by atoms with E-state index >= 15 is 0 Å². The fourth-order valence-corrected chi connectivity index (χ4v) is 1.42. The maximum absolute atomic E-state index is 13.9. The van der Waals surface area contributed by atoms with Gasteiger partial charge in [0.1, 0.15) is 0 Å². The van der Waals surface area contributed by atoms with Gasteiger partial charge < -0.3 is 16.0 Å². The van der Waals surface area contributed by atoms with Gasteiger partial charge in [-0.15, -0.1) is 0 Å².